The minimum atomic E-state index is -3.63. The van der Waals surface area contributed by atoms with Crippen LogP contribution in [0, 0.1) is 6.92 Å². The molecular weight excluding hydrogens is 368 g/mol. The zero-order valence-electron chi connectivity index (χ0n) is 14.1. The molecule has 7 heteroatoms. The highest BCUT2D eigenvalue weighted by Gasteiger charge is 2.30. The van der Waals surface area contributed by atoms with Crippen molar-refractivity contribution < 1.29 is 13.2 Å². The summed E-state index contributed by atoms with van der Waals surface area (Å²) in [5, 5.41) is 3.57. The average molecular weight is 386 g/mol. The van der Waals surface area contributed by atoms with Gasteiger partial charge in [0.1, 0.15) is 9.46 Å². The van der Waals surface area contributed by atoms with Crippen LogP contribution in [0.2, 0.25) is 0 Å². The summed E-state index contributed by atoms with van der Waals surface area (Å²) < 4.78 is 26.3. The second-order valence-corrected chi connectivity index (χ2v) is 9.14. The molecule has 0 radical (unpaired) electrons. The number of aromatic nitrogens is 1. The molecule has 3 aromatic rings. The molecule has 0 aliphatic heterocycles. The van der Waals surface area contributed by atoms with Crippen LogP contribution in [0.15, 0.2) is 70.5 Å². The molecule has 1 unspecified atom stereocenters. The van der Waals surface area contributed by atoms with Gasteiger partial charge in [-0.05, 0) is 42.1 Å². The average Bonchev–Trinajstić information content (AvgIpc) is 3.18. The standard InChI is InChI=1S/C19H18N2O3S2/c1-14-5-2-6-15(11-14)19(22)21-13-17(16-7-3-9-20-12-16)26(23,24)18-8-4-10-25-18/h2-12,17H,13H2,1H3,(H,21,22). The van der Waals surface area contributed by atoms with E-state index in [-0.39, 0.29) is 16.7 Å². The van der Waals surface area contributed by atoms with E-state index in [1.54, 1.807) is 54.0 Å². The molecule has 0 aliphatic carbocycles. The van der Waals surface area contributed by atoms with Crippen molar-refractivity contribution in [2.45, 2.75) is 16.4 Å². The Hall–Kier alpha value is -2.51. The van der Waals surface area contributed by atoms with Crippen LogP contribution in [0.1, 0.15) is 26.7 Å². The van der Waals surface area contributed by atoms with Crippen molar-refractivity contribution in [2.24, 2.45) is 0 Å². The number of aryl methyl sites for hydroxylation is 1. The SMILES string of the molecule is Cc1cccc(C(=O)NCC(c2cccnc2)S(=O)(=O)c2cccs2)c1. The maximum atomic E-state index is 13.0. The van der Waals surface area contributed by atoms with Crippen LogP contribution in [-0.4, -0.2) is 25.9 Å². The first kappa shape index (κ1) is 18.3. The highest BCUT2D eigenvalue weighted by Crippen LogP contribution is 2.30. The van der Waals surface area contributed by atoms with Crippen molar-refractivity contribution in [1.82, 2.24) is 10.3 Å². The summed E-state index contributed by atoms with van der Waals surface area (Å²) in [6.45, 7) is 1.87. The van der Waals surface area contributed by atoms with Crippen molar-refractivity contribution in [3.05, 3.63) is 83.0 Å². The number of nitrogens with zero attached hydrogens (tertiary/aromatic N) is 1. The molecule has 0 spiro atoms. The van der Waals surface area contributed by atoms with Gasteiger partial charge in [0.2, 0.25) is 0 Å². The predicted octanol–water partition coefficient (Wildman–Crippen LogP) is 3.40. The van der Waals surface area contributed by atoms with Crippen molar-refractivity contribution in [3.8, 4) is 0 Å². The van der Waals surface area contributed by atoms with Crippen LogP contribution in [0.3, 0.4) is 0 Å². The number of sulfone groups is 1. The Labute approximate surface area is 156 Å². The van der Waals surface area contributed by atoms with Crippen LogP contribution in [0.4, 0.5) is 0 Å². The van der Waals surface area contributed by atoms with E-state index in [0.717, 1.165) is 16.9 Å². The number of pyridine rings is 1. The summed E-state index contributed by atoms with van der Waals surface area (Å²) in [6.07, 6.45) is 3.11. The van der Waals surface area contributed by atoms with Crippen molar-refractivity contribution in [1.29, 1.82) is 0 Å². The Bertz CT molecular complexity index is 985. The van der Waals surface area contributed by atoms with E-state index in [2.05, 4.69) is 10.3 Å². The number of carbonyl (C=O) groups is 1. The number of nitrogens with one attached hydrogen (secondary N) is 1. The minimum Gasteiger partial charge on any atom is -0.350 e. The summed E-state index contributed by atoms with van der Waals surface area (Å²) >= 11 is 1.16. The number of hydrogen-bond acceptors (Lipinski definition) is 5. The van der Waals surface area contributed by atoms with Gasteiger partial charge in [0.05, 0.1) is 0 Å². The monoisotopic (exact) mass is 386 g/mol. The van der Waals surface area contributed by atoms with Gasteiger partial charge < -0.3 is 5.32 Å². The molecule has 0 saturated carbocycles. The van der Waals surface area contributed by atoms with E-state index in [0.29, 0.717) is 11.1 Å². The number of amides is 1. The van der Waals surface area contributed by atoms with Gasteiger partial charge in [-0.15, -0.1) is 11.3 Å². The zero-order chi connectivity index (χ0) is 18.6. The summed E-state index contributed by atoms with van der Waals surface area (Å²) in [7, 11) is -3.63. The maximum absolute atomic E-state index is 13.0. The number of benzene rings is 1. The van der Waals surface area contributed by atoms with Crippen molar-refractivity contribution >= 4 is 27.1 Å². The molecule has 1 atom stereocenters. The van der Waals surface area contributed by atoms with Gasteiger partial charge >= 0.3 is 0 Å². The number of thiophene rings is 1. The van der Waals surface area contributed by atoms with E-state index >= 15 is 0 Å². The Morgan fingerprint density at radius 1 is 1.19 bits per heavy atom. The summed E-state index contributed by atoms with van der Waals surface area (Å²) in [4.78, 5) is 16.5. The fourth-order valence-electron chi connectivity index (χ4n) is 2.61. The first-order chi connectivity index (χ1) is 12.5. The van der Waals surface area contributed by atoms with Gasteiger partial charge in [0.15, 0.2) is 9.84 Å². The molecule has 134 valence electrons. The Balaban J connectivity index is 1.87. The molecule has 1 amide bonds. The lowest BCUT2D eigenvalue weighted by molar-refractivity contribution is 0.0953. The highest BCUT2D eigenvalue weighted by molar-refractivity contribution is 7.93. The smallest absolute Gasteiger partial charge is 0.251 e. The lowest BCUT2D eigenvalue weighted by Gasteiger charge is -2.18. The fraction of sp³-hybridized carbons (Fsp3) is 0.158. The van der Waals surface area contributed by atoms with Gasteiger partial charge in [0.25, 0.3) is 5.91 Å². The maximum Gasteiger partial charge on any atom is 0.251 e. The lowest BCUT2D eigenvalue weighted by Crippen LogP contribution is -2.31. The first-order valence-corrected chi connectivity index (χ1v) is 10.4. The first-order valence-electron chi connectivity index (χ1n) is 8.00. The van der Waals surface area contributed by atoms with Crippen LogP contribution in [-0.2, 0) is 9.84 Å². The van der Waals surface area contributed by atoms with E-state index in [9.17, 15) is 13.2 Å². The normalized spacial score (nSPS) is 12.5. The molecule has 2 heterocycles. The molecule has 0 fully saturated rings. The van der Waals surface area contributed by atoms with Gasteiger partial charge in [0, 0.05) is 24.5 Å². The topological polar surface area (TPSA) is 76.1 Å². The fourth-order valence-corrected chi connectivity index (χ4v) is 5.46. The summed E-state index contributed by atoms with van der Waals surface area (Å²) in [5.41, 5.74) is 2.02. The largest absolute Gasteiger partial charge is 0.350 e. The second kappa shape index (κ2) is 7.80. The number of carbonyl (C=O) groups excluding carboxylic acids is 1. The van der Waals surface area contributed by atoms with Crippen LogP contribution in [0.25, 0.3) is 0 Å². The predicted molar refractivity (Wildman–Crippen MR) is 102 cm³/mol. The Morgan fingerprint density at radius 3 is 2.69 bits per heavy atom. The van der Waals surface area contributed by atoms with Crippen LogP contribution >= 0.6 is 11.3 Å². The molecular formula is C19H18N2O3S2. The van der Waals surface area contributed by atoms with Gasteiger partial charge in [-0.3, -0.25) is 9.78 Å². The van der Waals surface area contributed by atoms with Gasteiger partial charge in [-0.1, -0.05) is 29.8 Å². The molecule has 1 aromatic carbocycles. The summed E-state index contributed by atoms with van der Waals surface area (Å²) in [6, 6.07) is 13.8. The quantitative estimate of drug-likeness (QED) is 0.704. The molecule has 5 nitrogen and oxygen atoms in total. The third-order valence-electron chi connectivity index (χ3n) is 3.93. The van der Waals surface area contributed by atoms with Crippen LogP contribution < -0.4 is 5.32 Å². The summed E-state index contributed by atoms with van der Waals surface area (Å²) in [5.74, 6) is -0.302. The third-order valence-corrected chi connectivity index (χ3v) is 7.47. The van der Waals surface area contributed by atoms with E-state index < -0.39 is 15.1 Å². The number of hydrogen-bond donors (Lipinski definition) is 1. The Morgan fingerprint density at radius 2 is 2.04 bits per heavy atom. The highest BCUT2D eigenvalue weighted by atomic mass is 32.2. The molecule has 0 aliphatic rings. The molecule has 0 bridgehead atoms. The molecule has 1 N–H and O–H groups in total. The van der Waals surface area contributed by atoms with Crippen molar-refractivity contribution in [2.75, 3.05) is 6.54 Å². The molecule has 3 rings (SSSR count). The van der Waals surface area contributed by atoms with E-state index in [1.807, 2.05) is 13.0 Å². The minimum absolute atomic E-state index is 0.0291. The third kappa shape index (κ3) is 4.00. The lowest BCUT2D eigenvalue weighted by atomic mass is 10.1. The van der Waals surface area contributed by atoms with E-state index in [4.69, 9.17) is 0 Å². The zero-order valence-corrected chi connectivity index (χ0v) is 15.8. The van der Waals surface area contributed by atoms with E-state index in [1.165, 1.54) is 6.20 Å². The molecule has 26 heavy (non-hydrogen) atoms. The van der Waals surface area contributed by atoms with Gasteiger partial charge in [-0.2, -0.15) is 0 Å². The van der Waals surface area contributed by atoms with Crippen LogP contribution in [0.5, 0.6) is 0 Å². The number of rotatable bonds is 6. The molecule has 2 aromatic heterocycles. The Kier molecular flexibility index (Phi) is 5.49. The molecule has 0 saturated heterocycles. The van der Waals surface area contributed by atoms with Gasteiger partial charge in [-0.25, -0.2) is 8.42 Å². The van der Waals surface area contributed by atoms with Crippen molar-refractivity contribution in [3.63, 3.8) is 0 Å². The second-order valence-electron chi connectivity index (χ2n) is 5.83.